The molecule has 0 aromatic heterocycles. The summed E-state index contributed by atoms with van der Waals surface area (Å²) in [4.78, 5) is 0. The van der Waals surface area contributed by atoms with Gasteiger partial charge >= 0.3 is 54.8 Å². The Morgan fingerprint density at radius 2 is 0.526 bits per heavy atom. The minimum atomic E-state index is 0. The second kappa shape index (κ2) is 73.2. The Bertz CT molecular complexity index is 38.7. The van der Waals surface area contributed by atoms with Crippen LogP contribution < -0.4 is 37.7 Å². The molecule has 0 aliphatic heterocycles. The Labute approximate surface area is 160 Å². The smallest absolute Gasteiger partial charge is 0.343 e. The summed E-state index contributed by atoms with van der Waals surface area (Å²) in [5.41, 5.74) is 0. The molecule has 1 radical (unpaired) electrons. The van der Waals surface area contributed by atoms with Crippen LogP contribution in [0.3, 0.4) is 0 Å². The van der Waals surface area contributed by atoms with Crippen molar-refractivity contribution in [2.75, 3.05) is 0 Å². The van der Waals surface area contributed by atoms with E-state index in [1.807, 2.05) is 0 Å². The van der Waals surface area contributed by atoms with E-state index < -0.39 is 0 Å². The van der Waals surface area contributed by atoms with Gasteiger partial charge in [0.1, 0.15) is 0 Å². The summed E-state index contributed by atoms with van der Waals surface area (Å²) in [6.45, 7) is 22.9. The van der Waals surface area contributed by atoms with Crippen molar-refractivity contribution in [2.24, 2.45) is 0 Å². The van der Waals surface area contributed by atoms with Crippen molar-refractivity contribution in [3.8, 4) is 0 Å². The van der Waals surface area contributed by atoms with E-state index in [1.165, 1.54) is 25.7 Å². The fourth-order valence-electron chi connectivity index (χ4n) is 0. The predicted molar refractivity (Wildman–Crippen MR) is 81.1 cm³/mol. The minimum absolute atomic E-state index is 0. The summed E-state index contributed by atoms with van der Waals surface area (Å²) in [6, 6.07) is 0. The molecule has 0 unspecified atom stereocenters. The van der Waals surface area contributed by atoms with Gasteiger partial charge in [-0.2, -0.15) is 25.7 Å². The molecule has 0 heterocycles. The molecule has 0 rings (SSSR count). The third-order valence-corrected chi connectivity index (χ3v) is 1.41. The summed E-state index contributed by atoms with van der Waals surface area (Å²) in [6.07, 6.45) is 9.11. The molecular formula is C16H36Li2Mn. The van der Waals surface area contributed by atoms with Crippen LogP contribution in [0.1, 0.15) is 79.1 Å². The van der Waals surface area contributed by atoms with E-state index in [0.29, 0.717) is 0 Å². The Morgan fingerprint density at radius 1 is 0.474 bits per heavy atom. The van der Waals surface area contributed by atoms with E-state index in [-0.39, 0.29) is 54.8 Å². The molecule has 0 spiro atoms. The number of unbranched alkanes of at least 4 members (excludes halogenated alkanes) is 4. The Hall–Kier alpha value is 1.71. The average Bonchev–Trinajstić information content (AvgIpc) is 2.39. The molecule has 0 nitrogen and oxygen atoms in total. The fourth-order valence-corrected chi connectivity index (χ4v) is 0. The molecule has 3 heteroatoms. The van der Waals surface area contributed by atoms with Gasteiger partial charge in [-0.15, -0.1) is 0 Å². The molecule has 0 saturated heterocycles. The van der Waals surface area contributed by atoms with Crippen LogP contribution in [0.25, 0.3) is 0 Å². The van der Waals surface area contributed by atoms with Crippen molar-refractivity contribution < 1.29 is 54.8 Å². The minimum Gasteiger partial charge on any atom is -0.343 e. The first kappa shape index (κ1) is 42.8. The standard InChI is InChI=1S/4C4H9.2Li.Mn/c4*1-3-4-2;;;/h4*1,3-4H2,2H3;;;/q4*-1;2*+1;+2. The molecule has 0 aliphatic carbocycles. The maximum atomic E-state index is 3.60. The van der Waals surface area contributed by atoms with Gasteiger partial charge in [-0.1, -0.05) is 53.4 Å². The molecule has 0 N–H and O–H groups in total. The van der Waals surface area contributed by atoms with Gasteiger partial charge in [0.05, 0.1) is 0 Å². The quantitative estimate of drug-likeness (QED) is 0.523. The monoisotopic (exact) mass is 297 g/mol. The number of rotatable bonds is 4. The van der Waals surface area contributed by atoms with Crippen molar-refractivity contribution >= 4 is 0 Å². The van der Waals surface area contributed by atoms with Gasteiger partial charge in [-0.3, -0.25) is 0 Å². The summed E-state index contributed by atoms with van der Waals surface area (Å²) < 4.78 is 0. The maximum Gasteiger partial charge on any atom is 2.00 e. The molecule has 0 amide bonds. The topological polar surface area (TPSA) is 0 Å². The third-order valence-electron chi connectivity index (χ3n) is 1.41. The van der Waals surface area contributed by atoms with Crippen LogP contribution in [-0.2, 0) is 17.1 Å². The first-order valence-corrected chi connectivity index (χ1v) is 6.83. The molecule has 0 aromatic rings. The maximum absolute atomic E-state index is 3.60. The summed E-state index contributed by atoms with van der Waals surface area (Å²) in [7, 11) is 0. The van der Waals surface area contributed by atoms with Crippen molar-refractivity contribution in [1.82, 2.24) is 0 Å². The second-order valence-electron chi connectivity index (χ2n) is 3.41. The first-order valence-electron chi connectivity index (χ1n) is 6.83. The molecule has 0 aliphatic rings. The molecule has 0 saturated carbocycles. The van der Waals surface area contributed by atoms with Gasteiger partial charge < -0.3 is 27.7 Å². The zero-order valence-corrected chi connectivity index (χ0v) is 16.0. The van der Waals surface area contributed by atoms with Crippen LogP contribution in [0.2, 0.25) is 0 Å². The van der Waals surface area contributed by atoms with Crippen LogP contribution in [0.15, 0.2) is 0 Å². The van der Waals surface area contributed by atoms with Gasteiger partial charge in [0.2, 0.25) is 0 Å². The normalized spacial score (nSPS) is 6.32. The zero-order chi connectivity index (χ0) is 13.7. The van der Waals surface area contributed by atoms with Crippen LogP contribution in [0.4, 0.5) is 0 Å². The molecule has 0 atom stereocenters. The summed E-state index contributed by atoms with van der Waals surface area (Å²) in [5.74, 6) is 0. The average molecular weight is 297 g/mol. The van der Waals surface area contributed by atoms with Gasteiger partial charge in [0.15, 0.2) is 0 Å². The summed E-state index contributed by atoms with van der Waals surface area (Å²) >= 11 is 0. The van der Waals surface area contributed by atoms with E-state index in [1.54, 1.807) is 0 Å². The van der Waals surface area contributed by atoms with E-state index in [9.17, 15) is 0 Å². The van der Waals surface area contributed by atoms with Crippen LogP contribution in [-0.4, -0.2) is 0 Å². The summed E-state index contributed by atoms with van der Waals surface area (Å²) in [5, 5.41) is 0. The van der Waals surface area contributed by atoms with Crippen molar-refractivity contribution in [1.29, 1.82) is 0 Å². The van der Waals surface area contributed by atoms with E-state index >= 15 is 0 Å². The van der Waals surface area contributed by atoms with Gasteiger partial charge in [0, 0.05) is 0 Å². The molecule has 19 heavy (non-hydrogen) atoms. The second-order valence-corrected chi connectivity index (χ2v) is 3.41. The van der Waals surface area contributed by atoms with Gasteiger partial charge in [0.25, 0.3) is 0 Å². The molecule has 0 bridgehead atoms. The third kappa shape index (κ3) is 189. The van der Waals surface area contributed by atoms with Crippen molar-refractivity contribution in [3.63, 3.8) is 0 Å². The van der Waals surface area contributed by atoms with Crippen LogP contribution in [0, 0.1) is 27.7 Å². The molecule has 0 aromatic carbocycles. The first-order chi connectivity index (χ1) is 7.66. The Morgan fingerprint density at radius 3 is 0.526 bits per heavy atom. The van der Waals surface area contributed by atoms with E-state index in [4.69, 9.17) is 0 Å². The molecular weight excluding hydrogens is 261 g/mol. The zero-order valence-electron chi connectivity index (χ0n) is 14.9. The fraction of sp³-hybridized carbons (Fsp3) is 0.750. The SMILES string of the molecule is [CH2-]CCC.[CH2-]CCC.[CH2-]CCC.[CH2-]CCC.[Li+].[Li+].[Mn+2]. The van der Waals surface area contributed by atoms with Crippen LogP contribution in [0.5, 0.6) is 0 Å². The Kier molecular flexibility index (Phi) is 165. The van der Waals surface area contributed by atoms with Crippen molar-refractivity contribution in [3.05, 3.63) is 27.7 Å². The number of hydrogen-bond acceptors (Lipinski definition) is 0. The van der Waals surface area contributed by atoms with Gasteiger partial charge in [-0.05, 0) is 0 Å². The number of hydrogen-bond donors (Lipinski definition) is 0. The van der Waals surface area contributed by atoms with E-state index in [2.05, 4.69) is 55.4 Å². The molecule has 109 valence electrons. The molecule has 0 fully saturated rings. The largest absolute Gasteiger partial charge is 2.00 e. The van der Waals surface area contributed by atoms with Crippen molar-refractivity contribution in [2.45, 2.75) is 79.1 Å². The van der Waals surface area contributed by atoms with E-state index in [0.717, 1.165) is 25.7 Å². The Balaban J connectivity index is -0.0000000192. The van der Waals surface area contributed by atoms with Gasteiger partial charge in [-0.25, -0.2) is 0 Å². The predicted octanol–water partition coefficient (Wildman–Crippen LogP) is 0.488. The van der Waals surface area contributed by atoms with Crippen LogP contribution >= 0.6 is 0 Å².